The van der Waals surface area contributed by atoms with E-state index in [0.717, 1.165) is 52.5 Å². The number of carbonyl (C=O) groups excluding carboxylic acids is 1. The maximum atomic E-state index is 12.9. The van der Waals surface area contributed by atoms with E-state index in [-0.39, 0.29) is 12.0 Å². The van der Waals surface area contributed by atoms with Gasteiger partial charge in [-0.2, -0.15) is 0 Å². The first-order chi connectivity index (χ1) is 16.6. The summed E-state index contributed by atoms with van der Waals surface area (Å²) >= 11 is 1.44. The van der Waals surface area contributed by atoms with Gasteiger partial charge in [0.1, 0.15) is 0 Å². The minimum atomic E-state index is 0.0635. The van der Waals surface area contributed by atoms with Gasteiger partial charge in [-0.15, -0.1) is 10.2 Å². The van der Waals surface area contributed by atoms with Crippen molar-refractivity contribution < 1.29 is 9.53 Å². The Labute approximate surface area is 203 Å². The lowest BCUT2D eigenvalue weighted by Crippen LogP contribution is -2.28. The molecular formula is C26H29N5O2S. The number of aromatic nitrogens is 4. The average Bonchev–Trinajstić information content (AvgIpc) is 3.59. The summed E-state index contributed by atoms with van der Waals surface area (Å²) in [4.78, 5) is 18.0. The lowest BCUT2D eigenvalue weighted by molar-refractivity contribution is -0.127. The second-order valence-corrected chi connectivity index (χ2v) is 9.71. The number of nitrogens with one attached hydrogen (secondary N) is 1. The number of benzene rings is 2. The third kappa shape index (κ3) is 4.74. The highest BCUT2D eigenvalue weighted by Crippen LogP contribution is 2.31. The number of amides is 1. The second kappa shape index (κ2) is 10.0. The Bertz CT molecular complexity index is 1290. The SMILES string of the molecule is Cc1ccccc1CN(C)C(=O)CSc1nnc(-c2c[nH]c3ccccc23)n1CC1CCCO1. The number of aryl methyl sites for hydroxylation is 1. The van der Waals surface area contributed by atoms with E-state index in [0.29, 0.717) is 18.8 Å². The fraction of sp³-hybridized carbons (Fsp3) is 0.346. The molecule has 1 fully saturated rings. The van der Waals surface area contributed by atoms with Crippen LogP contribution in [0.1, 0.15) is 24.0 Å². The zero-order chi connectivity index (χ0) is 23.5. The molecule has 176 valence electrons. The largest absolute Gasteiger partial charge is 0.376 e. The van der Waals surface area contributed by atoms with Crippen LogP contribution in [0.25, 0.3) is 22.3 Å². The number of carbonyl (C=O) groups is 1. The summed E-state index contributed by atoms with van der Waals surface area (Å²) in [5.74, 6) is 1.17. The topological polar surface area (TPSA) is 76.0 Å². The van der Waals surface area contributed by atoms with Gasteiger partial charge in [0.25, 0.3) is 0 Å². The summed E-state index contributed by atoms with van der Waals surface area (Å²) in [7, 11) is 1.85. The molecule has 2 aromatic carbocycles. The highest BCUT2D eigenvalue weighted by atomic mass is 32.2. The Kier molecular flexibility index (Phi) is 6.69. The predicted octanol–water partition coefficient (Wildman–Crippen LogP) is 4.66. The number of H-pyrrole nitrogens is 1. The minimum Gasteiger partial charge on any atom is -0.376 e. The maximum Gasteiger partial charge on any atom is 0.233 e. The molecule has 3 heterocycles. The Balaban J connectivity index is 1.36. The molecule has 1 saturated heterocycles. The van der Waals surface area contributed by atoms with Gasteiger partial charge in [-0.3, -0.25) is 9.36 Å². The van der Waals surface area contributed by atoms with Crippen molar-refractivity contribution in [2.45, 2.75) is 44.1 Å². The van der Waals surface area contributed by atoms with Gasteiger partial charge in [0.05, 0.1) is 18.4 Å². The molecule has 0 bridgehead atoms. The Morgan fingerprint density at radius 1 is 1.21 bits per heavy atom. The van der Waals surface area contributed by atoms with Crippen molar-refractivity contribution in [2.24, 2.45) is 0 Å². The molecule has 2 aromatic heterocycles. The van der Waals surface area contributed by atoms with Gasteiger partial charge in [0.15, 0.2) is 11.0 Å². The molecule has 1 aliphatic heterocycles. The Hall–Kier alpha value is -3.10. The first-order valence-corrected chi connectivity index (χ1v) is 12.6. The molecule has 34 heavy (non-hydrogen) atoms. The van der Waals surface area contributed by atoms with Crippen molar-refractivity contribution in [3.63, 3.8) is 0 Å². The number of thioether (sulfide) groups is 1. The van der Waals surface area contributed by atoms with Crippen LogP contribution < -0.4 is 0 Å². The lowest BCUT2D eigenvalue weighted by atomic mass is 10.1. The van der Waals surface area contributed by atoms with E-state index in [1.165, 1.54) is 17.3 Å². The average molecular weight is 476 g/mol. The van der Waals surface area contributed by atoms with E-state index < -0.39 is 0 Å². The predicted molar refractivity (Wildman–Crippen MR) is 135 cm³/mol. The molecule has 0 radical (unpaired) electrons. The summed E-state index contributed by atoms with van der Waals surface area (Å²) in [6, 6.07) is 16.3. The van der Waals surface area contributed by atoms with Crippen molar-refractivity contribution >= 4 is 28.6 Å². The number of hydrogen-bond acceptors (Lipinski definition) is 5. The number of hydrogen-bond donors (Lipinski definition) is 1. The Morgan fingerprint density at radius 3 is 2.85 bits per heavy atom. The fourth-order valence-electron chi connectivity index (χ4n) is 4.38. The first-order valence-electron chi connectivity index (χ1n) is 11.6. The molecular weight excluding hydrogens is 446 g/mol. The van der Waals surface area contributed by atoms with E-state index in [1.54, 1.807) is 4.90 Å². The Morgan fingerprint density at radius 2 is 2.03 bits per heavy atom. The van der Waals surface area contributed by atoms with Crippen LogP contribution in [0.3, 0.4) is 0 Å². The molecule has 4 aromatic rings. The first kappa shape index (κ1) is 22.7. The monoisotopic (exact) mass is 475 g/mol. The van der Waals surface area contributed by atoms with Gasteiger partial charge >= 0.3 is 0 Å². The van der Waals surface area contributed by atoms with Crippen LogP contribution in [0.2, 0.25) is 0 Å². The molecule has 1 amide bonds. The van der Waals surface area contributed by atoms with Gasteiger partial charge < -0.3 is 14.6 Å². The molecule has 0 saturated carbocycles. The summed E-state index contributed by atoms with van der Waals surface area (Å²) in [6.45, 7) is 4.13. The summed E-state index contributed by atoms with van der Waals surface area (Å²) in [5.41, 5.74) is 4.42. The highest BCUT2D eigenvalue weighted by Gasteiger charge is 2.24. The number of aromatic amines is 1. The van der Waals surface area contributed by atoms with Crippen molar-refractivity contribution in [3.05, 3.63) is 65.9 Å². The van der Waals surface area contributed by atoms with E-state index in [4.69, 9.17) is 4.74 Å². The van der Waals surface area contributed by atoms with Gasteiger partial charge in [-0.1, -0.05) is 54.2 Å². The number of rotatable bonds is 8. The second-order valence-electron chi connectivity index (χ2n) is 8.76. The molecule has 7 nitrogen and oxygen atoms in total. The molecule has 1 atom stereocenters. The quantitative estimate of drug-likeness (QED) is 0.375. The molecule has 8 heteroatoms. The smallest absolute Gasteiger partial charge is 0.233 e. The van der Waals surface area contributed by atoms with Gasteiger partial charge in [0, 0.05) is 42.9 Å². The van der Waals surface area contributed by atoms with Crippen LogP contribution in [-0.2, 0) is 22.6 Å². The number of ether oxygens (including phenoxy) is 1. The molecule has 0 aliphatic carbocycles. The maximum absolute atomic E-state index is 12.9. The lowest BCUT2D eigenvalue weighted by Gasteiger charge is -2.19. The van der Waals surface area contributed by atoms with E-state index in [1.807, 2.05) is 37.5 Å². The molecule has 5 rings (SSSR count). The highest BCUT2D eigenvalue weighted by molar-refractivity contribution is 7.99. The van der Waals surface area contributed by atoms with Crippen molar-refractivity contribution in [1.82, 2.24) is 24.6 Å². The van der Waals surface area contributed by atoms with Crippen molar-refractivity contribution in [2.75, 3.05) is 19.4 Å². The number of fused-ring (bicyclic) bond motifs is 1. The van der Waals surface area contributed by atoms with Crippen molar-refractivity contribution in [3.8, 4) is 11.4 Å². The number of para-hydroxylation sites is 1. The van der Waals surface area contributed by atoms with Crippen LogP contribution in [0, 0.1) is 6.92 Å². The van der Waals surface area contributed by atoms with Crippen LogP contribution in [0.5, 0.6) is 0 Å². The molecule has 1 unspecified atom stereocenters. The van der Waals surface area contributed by atoms with Crippen LogP contribution in [-0.4, -0.2) is 56.1 Å². The van der Waals surface area contributed by atoms with Crippen LogP contribution in [0.15, 0.2) is 59.9 Å². The van der Waals surface area contributed by atoms with E-state index in [9.17, 15) is 4.79 Å². The molecule has 1 aliphatic rings. The van der Waals surface area contributed by atoms with Crippen molar-refractivity contribution in [1.29, 1.82) is 0 Å². The standard InChI is InChI=1S/C26H29N5O2S/c1-18-8-3-4-9-19(18)15-30(2)24(32)17-34-26-29-28-25(31(26)16-20-10-7-13-33-20)22-14-27-23-12-6-5-11-21(22)23/h3-6,8-9,11-12,14,20,27H,7,10,13,15-17H2,1-2H3. The van der Waals surface area contributed by atoms with Crippen LogP contribution >= 0.6 is 11.8 Å². The minimum absolute atomic E-state index is 0.0635. The fourth-order valence-corrected chi connectivity index (χ4v) is 5.26. The van der Waals surface area contributed by atoms with E-state index >= 15 is 0 Å². The van der Waals surface area contributed by atoms with Gasteiger partial charge in [0.2, 0.25) is 5.91 Å². The zero-order valence-corrected chi connectivity index (χ0v) is 20.3. The van der Waals surface area contributed by atoms with Gasteiger partial charge in [-0.05, 0) is 37.0 Å². The molecule has 0 spiro atoms. The normalized spacial score (nSPS) is 15.8. The van der Waals surface area contributed by atoms with E-state index in [2.05, 4.69) is 50.9 Å². The number of nitrogens with zero attached hydrogens (tertiary/aromatic N) is 4. The zero-order valence-electron chi connectivity index (χ0n) is 19.5. The summed E-state index contributed by atoms with van der Waals surface area (Å²) in [5, 5.41) is 10.9. The van der Waals surface area contributed by atoms with Gasteiger partial charge in [-0.25, -0.2) is 0 Å². The molecule has 1 N–H and O–H groups in total. The van der Waals surface area contributed by atoms with Crippen LogP contribution in [0.4, 0.5) is 0 Å². The summed E-state index contributed by atoms with van der Waals surface area (Å²) in [6.07, 6.45) is 4.21. The summed E-state index contributed by atoms with van der Waals surface area (Å²) < 4.78 is 8.03. The third-order valence-corrected chi connectivity index (χ3v) is 7.33. The third-order valence-electron chi connectivity index (χ3n) is 6.38.